The first kappa shape index (κ1) is 17.7. The average Bonchev–Trinajstić information content (AvgIpc) is 3.05. The van der Waals surface area contributed by atoms with Crippen molar-refractivity contribution in [1.29, 1.82) is 0 Å². The van der Waals surface area contributed by atoms with Crippen LogP contribution in [0.3, 0.4) is 0 Å². The van der Waals surface area contributed by atoms with Crippen molar-refractivity contribution in [3.05, 3.63) is 83.7 Å². The van der Waals surface area contributed by atoms with Crippen molar-refractivity contribution >= 4 is 5.91 Å². The van der Waals surface area contributed by atoms with Crippen molar-refractivity contribution in [2.75, 3.05) is 6.61 Å². The van der Waals surface area contributed by atoms with E-state index in [0.717, 1.165) is 5.56 Å². The van der Waals surface area contributed by atoms with Gasteiger partial charge in [0.2, 0.25) is 0 Å². The molecule has 6 heteroatoms. The second-order valence-corrected chi connectivity index (χ2v) is 5.97. The number of carbonyl (C=O) groups excluding carboxylic acids is 1. The molecule has 5 nitrogen and oxygen atoms in total. The van der Waals surface area contributed by atoms with E-state index in [0.29, 0.717) is 17.1 Å². The predicted molar refractivity (Wildman–Crippen MR) is 96.3 cm³/mol. The zero-order chi connectivity index (χ0) is 18.5. The first-order valence-corrected chi connectivity index (χ1v) is 8.25. The van der Waals surface area contributed by atoms with Crippen LogP contribution in [0.1, 0.15) is 23.0 Å². The van der Waals surface area contributed by atoms with Crippen LogP contribution >= 0.6 is 0 Å². The maximum atomic E-state index is 14.3. The number of nitrogens with zero attached hydrogens (tertiary/aromatic N) is 2. The van der Waals surface area contributed by atoms with Crippen molar-refractivity contribution in [3.8, 4) is 5.75 Å². The summed E-state index contributed by atoms with van der Waals surface area (Å²) in [5.74, 6) is 0.423. The molecule has 1 aromatic heterocycles. The van der Waals surface area contributed by atoms with E-state index in [4.69, 9.17) is 4.74 Å². The Balaban J connectivity index is 1.78. The summed E-state index contributed by atoms with van der Waals surface area (Å²) in [6, 6.07) is 13.1. The molecule has 3 rings (SSSR count). The molecule has 0 saturated carbocycles. The van der Waals surface area contributed by atoms with Gasteiger partial charge in [0.1, 0.15) is 23.4 Å². The van der Waals surface area contributed by atoms with Gasteiger partial charge in [0.05, 0.1) is 0 Å². The Labute approximate surface area is 151 Å². The predicted octanol–water partition coefficient (Wildman–Crippen LogP) is 3.15. The maximum Gasteiger partial charge on any atom is 0.258 e. The number of para-hydroxylation sites is 1. The number of carbonyl (C=O) groups is 1. The molecule has 1 amide bonds. The molecule has 0 aliphatic rings. The van der Waals surface area contributed by atoms with Crippen molar-refractivity contribution in [3.63, 3.8) is 0 Å². The van der Waals surface area contributed by atoms with Gasteiger partial charge in [-0.05, 0) is 24.6 Å². The van der Waals surface area contributed by atoms with E-state index in [9.17, 15) is 9.18 Å². The van der Waals surface area contributed by atoms with E-state index in [2.05, 4.69) is 10.3 Å². The van der Waals surface area contributed by atoms with Crippen LogP contribution in [0.15, 0.2) is 60.9 Å². The number of hydrogen-bond donors (Lipinski definition) is 1. The lowest BCUT2D eigenvalue weighted by Gasteiger charge is -2.20. The van der Waals surface area contributed by atoms with Gasteiger partial charge >= 0.3 is 0 Å². The van der Waals surface area contributed by atoms with E-state index in [1.165, 1.54) is 6.07 Å². The van der Waals surface area contributed by atoms with Gasteiger partial charge < -0.3 is 14.6 Å². The minimum Gasteiger partial charge on any atom is -0.484 e. The van der Waals surface area contributed by atoms with E-state index in [-0.39, 0.29) is 12.5 Å². The fourth-order valence-electron chi connectivity index (χ4n) is 2.71. The molecule has 3 aromatic rings. The van der Waals surface area contributed by atoms with Crippen LogP contribution in [0.2, 0.25) is 0 Å². The van der Waals surface area contributed by atoms with Crippen LogP contribution in [-0.4, -0.2) is 22.1 Å². The molecule has 1 heterocycles. The van der Waals surface area contributed by atoms with Crippen LogP contribution < -0.4 is 10.1 Å². The Bertz CT molecular complexity index is 907. The summed E-state index contributed by atoms with van der Waals surface area (Å²) in [4.78, 5) is 16.7. The van der Waals surface area contributed by atoms with E-state index in [1.54, 1.807) is 48.3 Å². The Morgan fingerprint density at radius 1 is 1.23 bits per heavy atom. The lowest BCUT2D eigenvalue weighted by atomic mass is 10.1. The van der Waals surface area contributed by atoms with E-state index < -0.39 is 11.9 Å². The number of amides is 1. The Kier molecular flexibility index (Phi) is 5.31. The first-order valence-electron chi connectivity index (χ1n) is 8.25. The number of nitrogens with one attached hydrogen (secondary N) is 1. The monoisotopic (exact) mass is 353 g/mol. The Morgan fingerprint density at radius 3 is 2.65 bits per heavy atom. The minimum absolute atomic E-state index is 0.166. The first-order chi connectivity index (χ1) is 12.6. The summed E-state index contributed by atoms with van der Waals surface area (Å²) in [5, 5.41) is 2.82. The fourth-order valence-corrected chi connectivity index (χ4v) is 2.71. The van der Waals surface area contributed by atoms with Crippen LogP contribution in [-0.2, 0) is 11.8 Å². The number of rotatable bonds is 6. The second-order valence-electron chi connectivity index (χ2n) is 5.97. The summed E-state index contributed by atoms with van der Waals surface area (Å²) < 4.78 is 21.6. The summed E-state index contributed by atoms with van der Waals surface area (Å²) in [7, 11) is 1.80. The third-order valence-electron chi connectivity index (χ3n) is 4.09. The van der Waals surface area contributed by atoms with Gasteiger partial charge in [-0.3, -0.25) is 4.79 Å². The number of imidazole rings is 1. The van der Waals surface area contributed by atoms with Crippen LogP contribution in [0.4, 0.5) is 4.39 Å². The number of aromatic nitrogens is 2. The quantitative estimate of drug-likeness (QED) is 0.741. The molecule has 1 atom stereocenters. The molecule has 1 N–H and O–H groups in total. The van der Waals surface area contributed by atoms with Crippen LogP contribution in [0.25, 0.3) is 0 Å². The molecular weight excluding hydrogens is 333 g/mol. The van der Waals surface area contributed by atoms with Gasteiger partial charge in [0, 0.05) is 25.0 Å². The maximum absolute atomic E-state index is 14.3. The molecular formula is C20H20FN3O2. The van der Waals surface area contributed by atoms with E-state index >= 15 is 0 Å². The van der Waals surface area contributed by atoms with Crippen LogP contribution in [0.5, 0.6) is 5.75 Å². The zero-order valence-corrected chi connectivity index (χ0v) is 14.6. The lowest BCUT2D eigenvalue weighted by Crippen LogP contribution is -2.35. The summed E-state index contributed by atoms with van der Waals surface area (Å²) in [5.41, 5.74) is 1.29. The number of benzene rings is 2. The molecule has 0 radical (unpaired) electrons. The highest BCUT2D eigenvalue weighted by molar-refractivity contribution is 5.78. The molecule has 0 aliphatic heterocycles. The molecule has 0 fully saturated rings. The van der Waals surface area contributed by atoms with E-state index in [1.807, 2.05) is 25.1 Å². The average molecular weight is 353 g/mol. The molecule has 2 aromatic carbocycles. The van der Waals surface area contributed by atoms with Crippen molar-refractivity contribution in [1.82, 2.24) is 14.9 Å². The SMILES string of the molecule is Cc1ccccc1OCC(=O)NC(c1ccccc1F)c1nccn1C. The smallest absolute Gasteiger partial charge is 0.258 e. The largest absolute Gasteiger partial charge is 0.484 e. The summed E-state index contributed by atoms with van der Waals surface area (Å²) in [6.07, 6.45) is 3.36. The Hall–Kier alpha value is -3.15. The second kappa shape index (κ2) is 7.82. The molecule has 26 heavy (non-hydrogen) atoms. The summed E-state index contributed by atoms with van der Waals surface area (Å²) >= 11 is 0. The van der Waals surface area contributed by atoms with Gasteiger partial charge in [-0.2, -0.15) is 0 Å². The lowest BCUT2D eigenvalue weighted by molar-refractivity contribution is -0.123. The fraction of sp³-hybridized carbons (Fsp3) is 0.200. The number of aryl methyl sites for hydroxylation is 2. The topological polar surface area (TPSA) is 56.1 Å². The third-order valence-corrected chi connectivity index (χ3v) is 4.09. The highest BCUT2D eigenvalue weighted by Gasteiger charge is 2.23. The molecule has 1 unspecified atom stereocenters. The highest BCUT2D eigenvalue weighted by atomic mass is 19.1. The summed E-state index contributed by atoms with van der Waals surface area (Å²) in [6.45, 7) is 1.74. The van der Waals surface area contributed by atoms with Gasteiger partial charge in [-0.15, -0.1) is 0 Å². The molecule has 134 valence electrons. The minimum atomic E-state index is -0.704. The van der Waals surface area contributed by atoms with Crippen molar-refractivity contribution < 1.29 is 13.9 Å². The molecule has 0 aliphatic carbocycles. The van der Waals surface area contributed by atoms with Gasteiger partial charge in [-0.25, -0.2) is 9.37 Å². The highest BCUT2D eigenvalue weighted by Crippen LogP contribution is 2.23. The number of halogens is 1. The van der Waals surface area contributed by atoms with Gasteiger partial charge in [0.25, 0.3) is 5.91 Å². The normalized spacial score (nSPS) is 11.8. The number of ether oxygens (including phenoxy) is 1. The molecule has 0 saturated heterocycles. The van der Waals surface area contributed by atoms with Crippen molar-refractivity contribution in [2.45, 2.75) is 13.0 Å². The third kappa shape index (κ3) is 3.91. The Morgan fingerprint density at radius 2 is 1.96 bits per heavy atom. The van der Waals surface area contributed by atoms with Gasteiger partial charge in [0.15, 0.2) is 6.61 Å². The molecule has 0 spiro atoms. The van der Waals surface area contributed by atoms with Gasteiger partial charge in [-0.1, -0.05) is 36.4 Å². The van der Waals surface area contributed by atoms with Crippen LogP contribution in [0, 0.1) is 12.7 Å². The van der Waals surface area contributed by atoms with Crippen molar-refractivity contribution in [2.24, 2.45) is 7.05 Å². The molecule has 0 bridgehead atoms. The zero-order valence-electron chi connectivity index (χ0n) is 14.6. The standard InChI is InChI=1S/C20H20FN3O2/c1-14-7-3-6-10-17(14)26-13-18(25)23-19(20-22-11-12-24(20)2)15-8-4-5-9-16(15)21/h3-12,19H,13H2,1-2H3,(H,23,25). The number of hydrogen-bond acceptors (Lipinski definition) is 3.